The van der Waals surface area contributed by atoms with Crippen LogP contribution in [0, 0.1) is 17.6 Å². The zero-order chi connectivity index (χ0) is 30.1. The maximum atomic E-state index is 14.7. The van der Waals surface area contributed by atoms with Gasteiger partial charge in [-0.3, -0.25) is 14.5 Å². The van der Waals surface area contributed by atoms with Crippen molar-refractivity contribution in [2.24, 2.45) is 5.92 Å². The summed E-state index contributed by atoms with van der Waals surface area (Å²) in [7, 11) is 1.41. The topological polar surface area (TPSA) is 116 Å². The van der Waals surface area contributed by atoms with Gasteiger partial charge in [0.25, 0.3) is 0 Å². The minimum Gasteiger partial charge on any atom is -0.465 e. The van der Waals surface area contributed by atoms with Crippen LogP contribution in [0.25, 0.3) is 16.7 Å². The van der Waals surface area contributed by atoms with Gasteiger partial charge in [-0.2, -0.15) is 10.2 Å². The van der Waals surface area contributed by atoms with E-state index in [2.05, 4.69) is 15.5 Å². The van der Waals surface area contributed by atoms with Crippen molar-refractivity contribution in [2.75, 3.05) is 23.8 Å². The molecule has 2 aromatic carbocycles. The average molecular weight is 596 g/mol. The lowest BCUT2D eigenvalue weighted by atomic mass is 9.93. The van der Waals surface area contributed by atoms with Gasteiger partial charge in [-0.05, 0) is 55.2 Å². The second kappa shape index (κ2) is 11.8. The second-order valence-corrected chi connectivity index (χ2v) is 10.9. The van der Waals surface area contributed by atoms with Gasteiger partial charge in [-0.25, -0.2) is 13.6 Å². The molecule has 2 aliphatic heterocycles. The van der Waals surface area contributed by atoms with E-state index in [1.807, 2.05) is 0 Å². The average Bonchev–Trinajstić information content (AvgIpc) is 2.97. The van der Waals surface area contributed by atoms with Crippen molar-refractivity contribution in [1.29, 1.82) is 0 Å². The van der Waals surface area contributed by atoms with Crippen molar-refractivity contribution in [3.05, 3.63) is 76.6 Å². The number of halogens is 3. The third kappa shape index (κ3) is 5.69. The molecule has 0 spiro atoms. The maximum Gasteiger partial charge on any atom is 0.411 e. The first-order valence-electron chi connectivity index (χ1n) is 13.4. The normalized spacial score (nSPS) is 19.2. The fourth-order valence-electron chi connectivity index (χ4n) is 5.35. The molecule has 3 heterocycles. The van der Waals surface area contributed by atoms with E-state index < -0.39 is 29.7 Å². The Morgan fingerprint density at radius 2 is 1.95 bits per heavy atom. The Hall–Kier alpha value is -4.38. The molecule has 3 aromatic rings. The zero-order valence-corrected chi connectivity index (χ0v) is 23.7. The molecule has 0 saturated carbocycles. The quantitative estimate of drug-likeness (QED) is 0.343. The highest BCUT2D eigenvalue weighted by Crippen LogP contribution is 2.38. The largest absolute Gasteiger partial charge is 0.465 e. The van der Waals surface area contributed by atoms with Gasteiger partial charge in [0.2, 0.25) is 11.8 Å². The van der Waals surface area contributed by atoms with Crippen LogP contribution in [0.3, 0.4) is 0 Å². The van der Waals surface area contributed by atoms with Gasteiger partial charge in [-0.1, -0.05) is 31.0 Å². The van der Waals surface area contributed by atoms with E-state index >= 15 is 0 Å². The van der Waals surface area contributed by atoms with Gasteiger partial charge in [0.05, 0.1) is 34.2 Å². The third-order valence-electron chi connectivity index (χ3n) is 7.77. The Balaban J connectivity index is 1.54. The van der Waals surface area contributed by atoms with E-state index in [0.717, 1.165) is 17.0 Å². The zero-order valence-electron chi connectivity index (χ0n) is 22.9. The van der Waals surface area contributed by atoms with Crippen molar-refractivity contribution >= 4 is 46.5 Å². The Morgan fingerprint density at radius 1 is 1.17 bits per heavy atom. The minimum atomic E-state index is -1.15. The molecule has 9 nitrogen and oxygen atoms in total. The number of hydrogen-bond donors (Lipinski definition) is 2. The predicted molar refractivity (Wildman–Crippen MR) is 154 cm³/mol. The number of carboxylic acid groups (broad SMARTS) is 1. The van der Waals surface area contributed by atoms with Crippen LogP contribution in [0.5, 0.6) is 0 Å². The summed E-state index contributed by atoms with van der Waals surface area (Å²) in [6, 6.07) is 8.40. The van der Waals surface area contributed by atoms with Crippen molar-refractivity contribution < 1.29 is 28.3 Å². The predicted octanol–water partition coefficient (Wildman–Crippen LogP) is 6.30. The van der Waals surface area contributed by atoms with Crippen molar-refractivity contribution in [1.82, 2.24) is 15.1 Å². The molecule has 0 radical (unpaired) electrons. The van der Waals surface area contributed by atoms with Crippen molar-refractivity contribution in [2.45, 2.75) is 38.6 Å². The van der Waals surface area contributed by atoms with Crippen molar-refractivity contribution in [3.8, 4) is 11.1 Å². The maximum absolute atomic E-state index is 14.7. The first-order chi connectivity index (χ1) is 20.0. The molecule has 3 amide bonds. The van der Waals surface area contributed by atoms with E-state index in [9.17, 15) is 28.3 Å². The van der Waals surface area contributed by atoms with E-state index in [4.69, 9.17) is 11.6 Å². The van der Waals surface area contributed by atoms with Crippen LogP contribution in [0.1, 0.15) is 49.9 Å². The van der Waals surface area contributed by atoms with Crippen LogP contribution in [-0.4, -0.2) is 51.7 Å². The summed E-state index contributed by atoms with van der Waals surface area (Å²) in [4.78, 5) is 40.7. The molecule has 42 heavy (non-hydrogen) atoms. The van der Waals surface area contributed by atoms with E-state index in [1.165, 1.54) is 19.3 Å². The standard InChI is InChI=1S/C30H28ClF2N5O4/c1-16-4-3-5-25(38-11-10-17(13-26(38)39)27-22(32)9-8-21(31)28(27)33)24-12-18(15-34-36-24)20-7-6-19(37(2)30(41)42)14-23(20)35-29(16)40/h6-9,12-16,25H,3-5,10-11H2,1-2H3,(H,35,40)(H,41,42)/t16-,25+/m1/s1. The highest BCUT2D eigenvalue weighted by Gasteiger charge is 2.31. The Labute approximate surface area is 245 Å². The van der Waals surface area contributed by atoms with Gasteiger partial charge in [-0.15, -0.1) is 0 Å². The Morgan fingerprint density at radius 3 is 2.69 bits per heavy atom. The molecule has 2 bridgehead atoms. The van der Waals surface area contributed by atoms with Gasteiger partial charge in [0.1, 0.15) is 5.82 Å². The molecule has 1 aromatic heterocycles. The van der Waals surface area contributed by atoms with Gasteiger partial charge < -0.3 is 15.3 Å². The molecular weight excluding hydrogens is 568 g/mol. The summed E-state index contributed by atoms with van der Waals surface area (Å²) in [6.45, 7) is 1.99. The molecule has 12 heteroatoms. The molecule has 0 aliphatic carbocycles. The lowest BCUT2D eigenvalue weighted by Crippen LogP contribution is -2.38. The van der Waals surface area contributed by atoms with Gasteiger partial charge in [0.15, 0.2) is 5.82 Å². The number of benzene rings is 2. The number of aromatic nitrogens is 2. The van der Waals surface area contributed by atoms with Crippen LogP contribution in [0.15, 0.2) is 48.7 Å². The van der Waals surface area contributed by atoms with E-state index in [-0.39, 0.29) is 40.9 Å². The molecule has 2 N–H and O–H groups in total. The molecule has 5 rings (SSSR count). The number of carbonyl (C=O) groups excluding carboxylic acids is 2. The smallest absolute Gasteiger partial charge is 0.411 e. The summed E-state index contributed by atoms with van der Waals surface area (Å²) >= 11 is 5.88. The van der Waals surface area contributed by atoms with Crippen LogP contribution in [-0.2, 0) is 9.59 Å². The number of anilines is 2. The summed E-state index contributed by atoms with van der Waals surface area (Å²) < 4.78 is 29.2. The first-order valence-corrected chi connectivity index (χ1v) is 13.8. The number of hydrogen-bond acceptors (Lipinski definition) is 5. The number of fused-ring (bicyclic) bond motifs is 4. The summed E-state index contributed by atoms with van der Waals surface area (Å²) in [6.07, 6.45) is 3.40. The van der Waals surface area contributed by atoms with Crippen LogP contribution < -0.4 is 10.2 Å². The molecule has 2 atom stereocenters. The molecule has 0 fully saturated rings. The number of nitrogens with one attached hydrogen (secondary N) is 1. The lowest BCUT2D eigenvalue weighted by Gasteiger charge is -2.34. The Bertz CT molecular complexity index is 1610. The number of rotatable bonds is 3. The molecule has 0 unspecified atom stereocenters. The third-order valence-corrected chi connectivity index (χ3v) is 8.06. The second-order valence-electron chi connectivity index (χ2n) is 10.4. The molecule has 0 saturated heterocycles. The number of amides is 3. The summed E-state index contributed by atoms with van der Waals surface area (Å²) in [5.41, 5.74) is 2.45. The Kier molecular flexibility index (Phi) is 8.22. The van der Waals surface area contributed by atoms with Crippen LogP contribution in [0.2, 0.25) is 5.02 Å². The highest BCUT2D eigenvalue weighted by molar-refractivity contribution is 6.31. The fraction of sp³-hybridized carbons (Fsp3) is 0.300. The molecule has 218 valence electrons. The SMILES string of the molecule is C[C@@H]1CCC[C@H](N2CCC(c3c(F)ccc(Cl)c3F)=CC2=O)c2cc(cnn2)-c2ccc(N(C)C(=O)O)cc2NC1=O. The van der Waals surface area contributed by atoms with Crippen LogP contribution in [0.4, 0.5) is 25.0 Å². The van der Waals surface area contributed by atoms with E-state index in [1.54, 1.807) is 36.1 Å². The highest BCUT2D eigenvalue weighted by atomic mass is 35.5. The van der Waals surface area contributed by atoms with Gasteiger partial charge in [0, 0.05) is 42.4 Å². The monoisotopic (exact) mass is 595 g/mol. The van der Waals surface area contributed by atoms with E-state index in [0.29, 0.717) is 47.5 Å². The summed E-state index contributed by atoms with van der Waals surface area (Å²) in [5, 5.41) is 20.7. The number of carbonyl (C=O) groups is 3. The number of nitrogens with zero attached hydrogens (tertiary/aromatic N) is 4. The fourth-order valence-corrected chi connectivity index (χ4v) is 5.51. The molecular formula is C30H28ClF2N5O4. The van der Waals surface area contributed by atoms with Crippen LogP contribution >= 0.6 is 11.6 Å². The van der Waals surface area contributed by atoms with Gasteiger partial charge >= 0.3 is 6.09 Å². The molecule has 2 aliphatic rings. The van der Waals surface area contributed by atoms with Crippen molar-refractivity contribution in [3.63, 3.8) is 0 Å². The minimum absolute atomic E-state index is 0.185. The lowest BCUT2D eigenvalue weighted by molar-refractivity contribution is -0.129. The first kappa shape index (κ1) is 29.1. The summed E-state index contributed by atoms with van der Waals surface area (Å²) in [5.74, 6) is -2.72.